The highest BCUT2D eigenvalue weighted by Crippen LogP contribution is 2.13. The number of carbonyl (C=O) groups is 1. The third kappa shape index (κ3) is 6.82. The number of carbonyl (C=O) groups excluding carboxylic acids is 1. The molecule has 0 aromatic heterocycles. The molecule has 0 aliphatic carbocycles. The zero-order valence-corrected chi connectivity index (χ0v) is 12.0. The van der Waals surface area contributed by atoms with Gasteiger partial charge in [-0.05, 0) is 51.6 Å². The van der Waals surface area contributed by atoms with E-state index in [9.17, 15) is 4.79 Å². The standard InChI is InChI=1S/C15H24N2O2/c1-12-6-4-7-14(10-12)19-13(2)11-17-15(18)8-5-9-16-3/h4,6-7,10,13,16H,5,8-9,11H2,1-3H3,(H,17,18). The second-order valence-electron chi connectivity index (χ2n) is 4.76. The number of hydrogen-bond acceptors (Lipinski definition) is 3. The first-order chi connectivity index (χ1) is 9.11. The normalized spacial score (nSPS) is 11.9. The van der Waals surface area contributed by atoms with Gasteiger partial charge in [-0.1, -0.05) is 12.1 Å². The summed E-state index contributed by atoms with van der Waals surface area (Å²) in [5.41, 5.74) is 1.17. The van der Waals surface area contributed by atoms with Gasteiger partial charge in [0.2, 0.25) is 5.91 Å². The van der Waals surface area contributed by atoms with Crippen LogP contribution in [0.15, 0.2) is 24.3 Å². The van der Waals surface area contributed by atoms with Crippen molar-refractivity contribution in [2.24, 2.45) is 0 Å². The highest BCUT2D eigenvalue weighted by atomic mass is 16.5. The van der Waals surface area contributed by atoms with Crippen molar-refractivity contribution in [3.05, 3.63) is 29.8 Å². The average Bonchev–Trinajstić information content (AvgIpc) is 2.37. The zero-order valence-electron chi connectivity index (χ0n) is 12.0. The third-order valence-electron chi connectivity index (χ3n) is 2.74. The van der Waals surface area contributed by atoms with Crippen LogP contribution in [0.5, 0.6) is 5.75 Å². The van der Waals surface area contributed by atoms with Crippen LogP contribution in [0.3, 0.4) is 0 Å². The van der Waals surface area contributed by atoms with Crippen LogP contribution < -0.4 is 15.4 Å². The van der Waals surface area contributed by atoms with E-state index in [0.717, 1.165) is 18.7 Å². The van der Waals surface area contributed by atoms with Gasteiger partial charge < -0.3 is 15.4 Å². The minimum Gasteiger partial charge on any atom is -0.489 e. The SMILES string of the molecule is CNCCCC(=O)NCC(C)Oc1cccc(C)c1. The van der Waals surface area contributed by atoms with Gasteiger partial charge in [0.05, 0.1) is 6.54 Å². The first kappa shape index (κ1) is 15.5. The number of benzene rings is 1. The number of rotatable bonds is 8. The van der Waals surface area contributed by atoms with Gasteiger partial charge in [0.1, 0.15) is 11.9 Å². The Bertz CT molecular complexity index is 393. The van der Waals surface area contributed by atoms with Gasteiger partial charge >= 0.3 is 0 Å². The van der Waals surface area contributed by atoms with Crippen LogP contribution in [-0.4, -0.2) is 32.1 Å². The molecule has 0 fully saturated rings. The van der Waals surface area contributed by atoms with E-state index < -0.39 is 0 Å². The largest absolute Gasteiger partial charge is 0.489 e. The van der Waals surface area contributed by atoms with Gasteiger partial charge in [0.15, 0.2) is 0 Å². The van der Waals surface area contributed by atoms with E-state index in [2.05, 4.69) is 10.6 Å². The zero-order chi connectivity index (χ0) is 14.1. The van der Waals surface area contributed by atoms with E-state index in [1.54, 1.807) is 0 Å². The smallest absolute Gasteiger partial charge is 0.220 e. The van der Waals surface area contributed by atoms with Crippen molar-refractivity contribution in [3.8, 4) is 5.75 Å². The maximum Gasteiger partial charge on any atom is 0.220 e. The Morgan fingerprint density at radius 3 is 2.89 bits per heavy atom. The Morgan fingerprint density at radius 2 is 2.21 bits per heavy atom. The van der Waals surface area contributed by atoms with Gasteiger partial charge in [-0.15, -0.1) is 0 Å². The molecule has 0 bridgehead atoms. The highest BCUT2D eigenvalue weighted by Gasteiger charge is 2.06. The van der Waals surface area contributed by atoms with Gasteiger partial charge in [-0.25, -0.2) is 0 Å². The number of aryl methyl sites for hydroxylation is 1. The van der Waals surface area contributed by atoms with E-state index in [4.69, 9.17) is 4.74 Å². The molecule has 1 rings (SSSR count). The molecule has 106 valence electrons. The quantitative estimate of drug-likeness (QED) is 0.705. The first-order valence-electron chi connectivity index (χ1n) is 6.76. The van der Waals surface area contributed by atoms with Crippen molar-refractivity contribution in [2.75, 3.05) is 20.1 Å². The molecule has 4 heteroatoms. The summed E-state index contributed by atoms with van der Waals surface area (Å²) in [7, 11) is 1.88. The van der Waals surface area contributed by atoms with E-state index in [1.807, 2.05) is 45.2 Å². The molecule has 1 aromatic rings. The van der Waals surface area contributed by atoms with Gasteiger partial charge in [-0.3, -0.25) is 4.79 Å². The maximum absolute atomic E-state index is 11.5. The van der Waals surface area contributed by atoms with Crippen molar-refractivity contribution < 1.29 is 9.53 Å². The van der Waals surface area contributed by atoms with Crippen molar-refractivity contribution in [1.29, 1.82) is 0 Å². The highest BCUT2D eigenvalue weighted by molar-refractivity contribution is 5.75. The second-order valence-corrected chi connectivity index (χ2v) is 4.76. The fraction of sp³-hybridized carbons (Fsp3) is 0.533. The van der Waals surface area contributed by atoms with Crippen molar-refractivity contribution in [1.82, 2.24) is 10.6 Å². The lowest BCUT2D eigenvalue weighted by molar-refractivity contribution is -0.121. The molecule has 0 saturated heterocycles. The van der Waals surface area contributed by atoms with Crippen LogP contribution in [0, 0.1) is 6.92 Å². The fourth-order valence-corrected chi connectivity index (χ4v) is 1.73. The number of nitrogens with one attached hydrogen (secondary N) is 2. The Balaban J connectivity index is 2.24. The maximum atomic E-state index is 11.5. The van der Waals surface area contributed by atoms with Crippen LogP contribution in [0.25, 0.3) is 0 Å². The number of hydrogen-bond donors (Lipinski definition) is 2. The molecule has 0 heterocycles. The average molecular weight is 264 g/mol. The third-order valence-corrected chi connectivity index (χ3v) is 2.74. The van der Waals surface area contributed by atoms with Crippen LogP contribution in [0.2, 0.25) is 0 Å². The molecule has 0 radical (unpaired) electrons. The van der Waals surface area contributed by atoms with Crippen molar-refractivity contribution >= 4 is 5.91 Å². The second kappa shape index (κ2) is 8.53. The summed E-state index contributed by atoms with van der Waals surface area (Å²) in [4.78, 5) is 11.5. The molecule has 0 saturated carbocycles. The van der Waals surface area contributed by atoms with E-state index >= 15 is 0 Å². The molecule has 4 nitrogen and oxygen atoms in total. The Kier molecular flexibility index (Phi) is 6.97. The van der Waals surface area contributed by atoms with Gasteiger partial charge in [0, 0.05) is 6.42 Å². The Hall–Kier alpha value is -1.55. The van der Waals surface area contributed by atoms with Crippen LogP contribution >= 0.6 is 0 Å². The topological polar surface area (TPSA) is 50.4 Å². The molecule has 19 heavy (non-hydrogen) atoms. The number of amides is 1. The Morgan fingerprint density at radius 1 is 1.42 bits per heavy atom. The molecular weight excluding hydrogens is 240 g/mol. The molecule has 0 aliphatic rings. The van der Waals surface area contributed by atoms with Crippen molar-refractivity contribution in [3.63, 3.8) is 0 Å². The minimum atomic E-state index is -0.0324. The van der Waals surface area contributed by atoms with Gasteiger partial charge in [-0.2, -0.15) is 0 Å². The predicted octanol–water partition coefficient (Wildman–Crippen LogP) is 1.88. The van der Waals surface area contributed by atoms with Crippen LogP contribution in [-0.2, 0) is 4.79 Å². The lowest BCUT2D eigenvalue weighted by Crippen LogP contribution is -2.33. The summed E-state index contributed by atoms with van der Waals surface area (Å²) < 4.78 is 5.74. The molecule has 1 atom stereocenters. The first-order valence-corrected chi connectivity index (χ1v) is 6.76. The summed E-state index contributed by atoms with van der Waals surface area (Å²) in [6.45, 7) is 5.38. The molecule has 0 spiro atoms. The molecule has 1 amide bonds. The Labute approximate surface area is 115 Å². The minimum absolute atomic E-state index is 0.0324. The molecule has 0 aliphatic heterocycles. The summed E-state index contributed by atoms with van der Waals surface area (Å²) in [6, 6.07) is 7.91. The van der Waals surface area contributed by atoms with Gasteiger partial charge in [0.25, 0.3) is 0 Å². The molecule has 2 N–H and O–H groups in total. The monoisotopic (exact) mass is 264 g/mol. The number of ether oxygens (including phenoxy) is 1. The molecular formula is C15H24N2O2. The molecule has 1 unspecified atom stereocenters. The summed E-state index contributed by atoms with van der Waals surface area (Å²) >= 11 is 0. The predicted molar refractivity (Wildman–Crippen MR) is 77.4 cm³/mol. The fourth-order valence-electron chi connectivity index (χ4n) is 1.73. The van der Waals surface area contributed by atoms with Crippen LogP contribution in [0.1, 0.15) is 25.3 Å². The van der Waals surface area contributed by atoms with Crippen molar-refractivity contribution in [2.45, 2.75) is 32.8 Å². The molecule has 1 aromatic carbocycles. The van der Waals surface area contributed by atoms with E-state index in [1.165, 1.54) is 5.56 Å². The lowest BCUT2D eigenvalue weighted by atomic mass is 10.2. The summed E-state index contributed by atoms with van der Waals surface area (Å²) in [5.74, 6) is 0.923. The van der Waals surface area contributed by atoms with Crippen LogP contribution in [0.4, 0.5) is 0 Å². The summed E-state index contributed by atoms with van der Waals surface area (Å²) in [6.07, 6.45) is 1.38. The lowest BCUT2D eigenvalue weighted by Gasteiger charge is -2.15. The van der Waals surface area contributed by atoms with E-state index in [-0.39, 0.29) is 12.0 Å². The summed E-state index contributed by atoms with van der Waals surface area (Å²) in [5, 5.41) is 5.91. The van der Waals surface area contributed by atoms with E-state index in [0.29, 0.717) is 13.0 Å².